The van der Waals surface area contributed by atoms with Crippen LogP contribution in [0.2, 0.25) is 0 Å². The van der Waals surface area contributed by atoms with E-state index in [0.29, 0.717) is 13.1 Å². The maximum atomic E-state index is 13.7. The van der Waals surface area contributed by atoms with Crippen molar-refractivity contribution in [3.63, 3.8) is 0 Å². The van der Waals surface area contributed by atoms with Gasteiger partial charge < -0.3 is 5.11 Å². The zero-order chi connectivity index (χ0) is 14.6. The SMILES string of the molecule is CCN(Cc1c(F)cccc1[N+](=O)[O-])CC(C)(C)O. The second-order valence-corrected chi connectivity index (χ2v) is 5.11. The van der Waals surface area contributed by atoms with Crippen LogP contribution in [-0.2, 0) is 6.54 Å². The first-order valence-electron chi connectivity index (χ1n) is 6.11. The van der Waals surface area contributed by atoms with Crippen molar-refractivity contribution in [3.05, 3.63) is 39.7 Å². The molecule has 0 unspecified atom stereocenters. The van der Waals surface area contributed by atoms with Gasteiger partial charge in [0.05, 0.1) is 16.1 Å². The minimum absolute atomic E-state index is 0.0543. The van der Waals surface area contributed by atoms with Gasteiger partial charge in [-0.1, -0.05) is 13.0 Å². The Balaban J connectivity index is 3.00. The molecule has 1 rings (SSSR count). The van der Waals surface area contributed by atoms with E-state index in [9.17, 15) is 19.6 Å². The number of rotatable bonds is 6. The highest BCUT2D eigenvalue weighted by Crippen LogP contribution is 2.23. The lowest BCUT2D eigenvalue weighted by molar-refractivity contribution is -0.386. The Labute approximate surface area is 111 Å². The van der Waals surface area contributed by atoms with E-state index < -0.39 is 16.3 Å². The Bertz CT molecular complexity index is 458. The number of nitrogens with zero attached hydrogens (tertiary/aromatic N) is 2. The third kappa shape index (κ3) is 4.57. The van der Waals surface area contributed by atoms with Gasteiger partial charge in [-0.25, -0.2) is 4.39 Å². The van der Waals surface area contributed by atoms with E-state index in [1.165, 1.54) is 18.2 Å². The first-order chi connectivity index (χ1) is 8.74. The van der Waals surface area contributed by atoms with Gasteiger partial charge in [0, 0.05) is 19.2 Å². The summed E-state index contributed by atoms with van der Waals surface area (Å²) in [5, 5.41) is 20.7. The van der Waals surface area contributed by atoms with Gasteiger partial charge in [0.25, 0.3) is 5.69 Å². The van der Waals surface area contributed by atoms with E-state index in [1.807, 2.05) is 6.92 Å². The zero-order valence-corrected chi connectivity index (χ0v) is 11.4. The van der Waals surface area contributed by atoms with Gasteiger partial charge in [0.15, 0.2) is 0 Å². The quantitative estimate of drug-likeness (QED) is 0.636. The van der Waals surface area contributed by atoms with E-state index in [-0.39, 0.29) is 17.8 Å². The predicted molar refractivity (Wildman–Crippen MR) is 70.3 cm³/mol. The van der Waals surface area contributed by atoms with Crippen LogP contribution in [-0.4, -0.2) is 33.6 Å². The second kappa shape index (κ2) is 6.08. The summed E-state index contributed by atoms with van der Waals surface area (Å²) in [6.45, 7) is 6.13. The summed E-state index contributed by atoms with van der Waals surface area (Å²) in [5.74, 6) is -0.594. The van der Waals surface area contributed by atoms with Crippen LogP contribution in [0.5, 0.6) is 0 Å². The molecular formula is C13H19FN2O3. The fourth-order valence-electron chi connectivity index (χ4n) is 1.93. The minimum atomic E-state index is -0.934. The average molecular weight is 270 g/mol. The van der Waals surface area contributed by atoms with Crippen molar-refractivity contribution in [3.8, 4) is 0 Å². The molecule has 5 nitrogen and oxygen atoms in total. The summed E-state index contributed by atoms with van der Waals surface area (Å²) < 4.78 is 13.7. The molecule has 0 atom stereocenters. The van der Waals surface area contributed by atoms with Gasteiger partial charge >= 0.3 is 0 Å². The van der Waals surface area contributed by atoms with Crippen LogP contribution in [0.1, 0.15) is 26.3 Å². The summed E-state index contributed by atoms with van der Waals surface area (Å²) in [5.41, 5.74) is -1.11. The number of nitro groups is 1. The molecule has 0 amide bonds. The monoisotopic (exact) mass is 270 g/mol. The smallest absolute Gasteiger partial charge is 0.276 e. The molecule has 0 saturated heterocycles. The lowest BCUT2D eigenvalue weighted by Crippen LogP contribution is -2.38. The molecule has 1 N–H and O–H groups in total. The van der Waals surface area contributed by atoms with Crippen LogP contribution in [0, 0.1) is 15.9 Å². The van der Waals surface area contributed by atoms with Gasteiger partial charge in [-0.05, 0) is 26.5 Å². The van der Waals surface area contributed by atoms with Crippen molar-refractivity contribution in [2.45, 2.75) is 32.9 Å². The Kier molecular flexibility index (Phi) is 4.97. The highest BCUT2D eigenvalue weighted by atomic mass is 19.1. The largest absolute Gasteiger partial charge is 0.389 e. The Hall–Kier alpha value is -1.53. The molecular weight excluding hydrogens is 251 g/mol. The number of hydrogen-bond donors (Lipinski definition) is 1. The average Bonchev–Trinajstić information content (AvgIpc) is 2.28. The highest BCUT2D eigenvalue weighted by molar-refractivity contribution is 5.40. The molecule has 0 aromatic heterocycles. The molecule has 1 aromatic rings. The fraction of sp³-hybridized carbons (Fsp3) is 0.538. The molecule has 0 spiro atoms. The number of aliphatic hydroxyl groups is 1. The maximum absolute atomic E-state index is 13.7. The molecule has 0 heterocycles. The van der Waals surface area contributed by atoms with Crippen molar-refractivity contribution in [2.24, 2.45) is 0 Å². The van der Waals surface area contributed by atoms with Crippen LogP contribution in [0.3, 0.4) is 0 Å². The molecule has 0 aliphatic rings. The van der Waals surface area contributed by atoms with E-state index >= 15 is 0 Å². The summed E-state index contributed by atoms with van der Waals surface area (Å²) in [7, 11) is 0. The first kappa shape index (κ1) is 15.5. The van der Waals surface area contributed by atoms with Gasteiger partial charge in [-0.3, -0.25) is 15.0 Å². The molecule has 6 heteroatoms. The normalized spacial score (nSPS) is 11.9. The highest BCUT2D eigenvalue weighted by Gasteiger charge is 2.23. The number of hydrogen-bond acceptors (Lipinski definition) is 4. The maximum Gasteiger partial charge on any atom is 0.276 e. The molecule has 0 radical (unpaired) electrons. The zero-order valence-electron chi connectivity index (χ0n) is 11.4. The van der Waals surface area contributed by atoms with Crippen LogP contribution in [0.15, 0.2) is 18.2 Å². The Morgan fingerprint density at radius 3 is 2.58 bits per heavy atom. The number of nitro benzene ring substituents is 1. The standard InChI is InChI=1S/C13H19FN2O3/c1-4-15(9-13(2,3)17)8-10-11(14)6-5-7-12(10)16(18)19/h5-7,17H,4,8-9H2,1-3H3. The molecule has 0 aliphatic carbocycles. The molecule has 0 bridgehead atoms. The summed E-state index contributed by atoms with van der Waals surface area (Å²) in [6, 6.07) is 3.82. The molecule has 0 fully saturated rings. The summed E-state index contributed by atoms with van der Waals surface area (Å²) in [6.07, 6.45) is 0. The van der Waals surface area contributed by atoms with Crippen LogP contribution < -0.4 is 0 Å². The van der Waals surface area contributed by atoms with Crippen LogP contribution in [0.4, 0.5) is 10.1 Å². The van der Waals surface area contributed by atoms with E-state index in [2.05, 4.69) is 0 Å². The van der Waals surface area contributed by atoms with Crippen molar-refractivity contribution in [1.82, 2.24) is 4.90 Å². The number of likely N-dealkylation sites (N-methyl/N-ethyl adjacent to an activating group) is 1. The molecule has 0 aliphatic heterocycles. The summed E-state index contributed by atoms with van der Waals surface area (Å²) in [4.78, 5) is 12.1. The van der Waals surface area contributed by atoms with E-state index in [4.69, 9.17) is 0 Å². The molecule has 0 saturated carbocycles. The Morgan fingerprint density at radius 1 is 1.47 bits per heavy atom. The third-order valence-electron chi connectivity index (χ3n) is 2.73. The summed E-state index contributed by atoms with van der Waals surface area (Å²) >= 11 is 0. The van der Waals surface area contributed by atoms with E-state index in [0.717, 1.165) is 0 Å². The predicted octanol–water partition coefficient (Wildman–Crippen LogP) is 2.33. The van der Waals surface area contributed by atoms with Gasteiger partial charge in [-0.15, -0.1) is 0 Å². The van der Waals surface area contributed by atoms with Crippen LogP contribution >= 0.6 is 0 Å². The number of halogens is 1. The van der Waals surface area contributed by atoms with E-state index in [1.54, 1.807) is 18.7 Å². The van der Waals surface area contributed by atoms with Crippen molar-refractivity contribution in [1.29, 1.82) is 0 Å². The third-order valence-corrected chi connectivity index (χ3v) is 2.73. The topological polar surface area (TPSA) is 66.6 Å². The van der Waals surface area contributed by atoms with Crippen molar-refractivity contribution < 1.29 is 14.4 Å². The minimum Gasteiger partial charge on any atom is -0.389 e. The molecule has 1 aromatic carbocycles. The first-order valence-corrected chi connectivity index (χ1v) is 6.11. The Morgan fingerprint density at radius 2 is 2.11 bits per heavy atom. The van der Waals surface area contributed by atoms with Crippen molar-refractivity contribution in [2.75, 3.05) is 13.1 Å². The number of benzene rings is 1. The van der Waals surface area contributed by atoms with Gasteiger partial charge in [0.2, 0.25) is 0 Å². The van der Waals surface area contributed by atoms with Crippen LogP contribution in [0.25, 0.3) is 0 Å². The fourth-order valence-corrected chi connectivity index (χ4v) is 1.93. The molecule has 106 valence electrons. The lowest BCUT2D eigenvalue weighted by Gasteiger charge is -2.27. The van der Waals surface area contributed by atoms with Gasteiger partial charge in [-0.2, -0.15) is 0 Å². The van der Waals surface area contributed by atoms with Gasteiger partial charge in [0.1, 0.15) is 5.82 Å². The lowest BCUT2D eigenvalue weighted by atomic mass is 10.1. The van der Waals surface area contributed by atoms with Crippen molar-refractivity contribution >= 4 is 5.69 Å². The molecule has 19 heavy (non-hydrogen) atoms. The second-order valence-electron chi connectivity index (χ2n) is 5.11.